The second-order valence-corrected chi connectivity index (χ2v) is 7.58. The molecule has 0 bridgehead atoms. The van der Waals surface area contributed by atoms with Crippen LogP contribution in [-0.2, 0) is 15.7 Å². The van der Waals surface area contributed by atoms with Crippen molar-refractivity contribution in [3.8, 4) is 0 Å². The van der Waals surface area contributed by atoms with Crippen molar-refractivity contribution in [3.63, 3.8) is 0 Å². The zero-order valence-corrected chi connectivity index (χ0v) is 14.5. The summed E-state index contributed by atoms with van der Waals surface area (Å²) in [4.78, 5) is 17.1. The van der Waals surface area contributed by atoms with Crippen LogP contribution in [0.3, 0.4) is 0 Å². The summed E-state index contributed by atoms with van der Waals surface area (Å²) in [6.45, 7) is 5.31. The summed E-state index contributed by atoms with van der Waals surface area (Å²) in [5.41, 5.74) is -2.61. The topological polar surface area (TPSA) is 58.9 Å². The van der Waals surface area contributed by atoms with Crippen LogP contribution < -0.4 is 0 Å². The van der Waals surface area contributed by atoms with Gasteiger partial charge in [0, 0.05) is 0 Å². The van der Waals surface area contributed by atoms with E-state index < -0.39 is 67.3 Å². The van der Waals surface area contributed by atoms with Crippen molar-refractivity contribution in [2.45, 2.75) is 32.0 Å². The molecule has 0 aliphatic rings. The van der Waals surface area contributed by atoms with Crippen molar-refractivity contribution < 1.29 is 49.4 Å². The van der Waals surface area contributed by atoms with Crippen molar-refractivity contribution in [1.82, 2.24) is 0 Å². The van der Waals surface area contributed by atoms with Crippen molar-refractivity contribution >= 4 is 7.91 Å². The molecule has 0 saturated heterocycles. The molecule has 0 amide bonds. The molecule has 1 aromatic rings. The van der Waals surface area contributed by atoms with E-state index in [1.54, 1.807) is 0 Å². The molecule has 0 fully saturated rings. The molecule has 0 radical (unpaired) electrons. The fourth-order valence-corrected chi connectivity index (χ4v) is 2.42. The molecule has 4 nitrogen and oxygen atoms in total. The Morgan fingerprint density at radius 1 is 1.00 bits per heavy atom. The molecule has 0 aromatic heterocycles. The average Bonchev–Trinajstić information content (AvgIpc) is 2.50. The van der Waals surface area contributed by atoms with E-state index in [1.807, 2.05) is 0 Å². The van der Waals surface area contributed by atoms with Gasteiger partial charge < -0.3 is 0 Å². The van der Waals surface area contributed by atoms with Gasteiger partial charge in [0.1, 0.15) is 0 Å². The Bertz CT molecular complexity index is 665. The quantitative estimate of drug-likeness (QED) is 0.219. The molecule has 1 aromatic carbocycles. The van der Waals surface area contributed by atoms with Crippen LogP contribution >= 0.6 is 7.91 Å². The molecule has 26 heavy (non-hydrogen) atoms. The van der Waals surface area contributed by atoms with Gasteiger partial charge in [0.15, 0.2) is 0 Å². The Labute approximate surface area is 144 Å². The number of hydrogen-bond donors (Lipinski definition) is 2. The predicted octanol–water partition coefficient (Wildman–Crippen LogP) is 4.34. The van der Waals surface area contributed by atoms with Crippen LogP contribution in [0, 0.1) is 29.1 Å². The number of ether oxygens (including phenoxy) is 1. The molecule has 0 aliphatic carbocycles. The van der Waals surface area contributed by atoms with Crippen LogP contribution in [0.4, 0.5) is 30.3 Å². The molecule has 0 heterocycles. The summed E-state index contributed by atoms with van der Waals surface area (Å²) in [5.74, 6) is -11.5. The fourth-order valence-electron chi connectivity index (χ4n) is 1.80. The number of hydrogen-bond acceptors (Lipinski definition) is 4. The number of halogens is 7. The molecule has 150 valence electrons. The molecule has 1 rings (SSSR count). The number of benzene rings is 1. The van der Waals surface area contributed by atoms with Crippen molar-refractivity contribution in [3.05, 3.63) is 47.3 Å². The van der Waals surface area contributed by atoms with Gasteiger partial charge in [-0.15, -0.1) is 0 Å². The van der Waals surface area contributed by atoms with Gasteiger partial charge >= 0.3 is 143 Å². The summed E-state index contributed by atoms with van der Waals surface area (Å²) in [6, 6.07) is 0. The van der Waals surface area contributed by atoms with E-state index in [9.17, 15) is 30.3 Å². The van der Waals surface area contributed by atoms with E-state index in [1.165, 1.54) is 19.9 Å². The Kier molecular flexibility index (Phi) is 6.48. The molecule has 1 unspecified atom stereocenters. The summed E-state index contributed by atoms with van der Waals surface area (Å²) in [6.07, 6.45) is -2.23. The van der Waals surface area contributed by atoms with E-state index in [-0.39, 0.29) is 0 Å². The van der Waals surface area contributed by atoms with Gasteiger partial charge in [-0.3, -0.25) is 0 Å². The molecule has 0 spiro atoms. The molecular weight excluding hydrogens is 396 g/mol. The third-order valence-corrected chi connectivity index (χ3v) is 3.83. The third kappa shape index (κ3) is 6.17. The monoisotopic (exact) mass is 412 g/mol. The van der Waals surface area contributed by atoms with E-state index in [2.05, 4.69) is 11.1 Å². The van der Waals surface area contributed by atoms with Crippen LogP contribution in [0.2, 0.25) is 0 Å². The first-order valence-corrected chi connectivity index (χ1v) is 8.80. The molecule has 2 N–H and O–H groups in total. The maximum atomic E-state index is 13.7. The van der Waals surface area contributed by atoms with Crippen LogP contribution in [-0.4, -0.2) is 28.1 Å². The summed E-state index contributed by atoms with van der Waals surface area (Å²) >= 11 is 0. The van der Waals surface area contributed by atoms with Crippen LogP contribution in [0.15, 0.2) is 12.7 Å². The van der Waals surface area contributed by atoms with Crippen LogP contribution in [0.25, 0.3) is 0 Å². The zero-order valence-electron chi connectivity index (χ0n) is 13.6. The molecule has 0 aliphatic heterocycles. The van der Waals surface area contributed by atoms with Gasteiger partial charge in [0.25, 0.3) is 0 Å². The van der Waals surface area contributed by atoms with E-state index in [0.717, 1.165) is 0 Å². The van der Waals surface area contributed by atoms with Gasteiger partial charge in [-0.1, -0.05) is 0 Å². The SMILES string of the molecule is C=CC(C)(C)OCC(Cc1c(F)c(F)c(F)c(F)c1F)OP(O)(O)(F)F. The Morgan fingerprint density at radius 3 is 1.81 bits per heavy atom. The van der Waals surface area contributed by atoms with Gasteiger partial charge in [-0.05, 0) is 0 Å². The normalized spacial score (nSPS) is 15.4. The predicted molar refractivity (Wildman–Crippen MR) is 78.6 cm³/mol. The van der Waals surface area contributed by atoms with E-state index >= 15 is 0 Å². The summed E-state index contributed by atoms with van der Waals surface area (Å²) in [7, 11) is -7.64. The fraction of sp³-hybridized carbons (Fsp3) is 0.429. The van der Waals surface area contributed by atoms with Gasteiger partial charge in [0.2, 0.25) is 0 Å². The van der Waals surface area contributed by atoms with Gasteiger partial charge in [-0.25, -0.2) is 0 Å². The first-order chi connectivity index (χ1) is 11.5. The van der Waals surface area contributed by atoms with E-state index in [4.69, 9.17) is 14.5 Å². The van der Waals surface area contributed by atoms with Crippen molar-refractivity contribution in [2.24, 2.45) is 0 Å². The second-order valence-electron chi connectivity index (χ2n) is 5.86. The van der Waals surface area contributed by atoms with E-state index in [0.29, 0.717) is 0 Å². The molecule has 0 saturated carbocycles. The Hall–Kier alpha value is -1.26. The minimum atomic E-state index is -7.64. The molecular formula is C14H16F7O4P. The van der Waals surface area contributed by atoms with Gasteiger partial charge in [-0.2, -0.15) is 0 Å². The third-order valence-electron chi connectivity index (χ3n) is 3.19. The van der Waals surface area contributed by atoms with Crippen molar-refractivity contribution in [2.75, 3.05) is 6.61 Å². The maximum absolute atomic E-state index is 13.7. The Balaban J connectivity index is 3.23. The van der Waals surface area contributed by atoms with Crippen LogP contribution in [0.5, 0.6) is 0 Å². The summed E-state index contributed by atoms with van der Waals surface area (Å²) < 4.78 is 102. The minimum absolute atomic E-state index is 0.897. The first-order valence-electron chi connectivity index (χ1n) is 6.96. The Morgan fingerprint density at radius 2 is 1.42 bits per heavy atom. The van der Waals surface area contributed by atoms with Gasteiger partial charge in [0.05, 0.1) is 0 Å². The first kappa shape index (κ1) is 22.8. The summed E-state index contributed by atoms with van der Waals surface area (Å²) in [5, 5.41) is 0. The van der Waals surface area contributed by atoms with Crippen LogP contribution in [0.1, 0.15) is 19.4 Å². The average molecular weight is 412 g/mol. The zero-order chi connectivity index (χ0) is 20.5. The number of rotatable bonds is 8. The standard InChI is InChI=1S/C14H16F7O4P/c1-4-14(2,3)24-6-7(25-26(20,21,22)23)5-8-9(15)11(17)13(19)12(18)10(8)16/h4,7,22-23H,1,5-6H2,2-3H3. The van der Waals surface area contributed by atoms with Crippen molar-refractivity contribution in [1.29, 1.82) is 0 Å². The molecule has 12 heteroatoms. The second kappa shape index (κ2) is 7.40. The molecule has 1 atom stereocenters.